The molecule has 0 aliphatic carbocycles. The van der Waals surface area contributed by atoms with Crippen molar-refractivity contribution in [3.8, 4) is 0 Å². The van der Waals surface area contributed by atoms with Crippen LogP contribution in [0.25, 0.3) is 0 Å². The number of rotatable bonds is 7. The molecule has 1 heterocycles. The standard InChI is InChI=1S/C20H17IN2O5S2/c1-13-11-15(21)6-9-17(13)22-18(24)12-28-20(25)14-4-7-16(8-5-14)23-30(26,27)19-3-2-10-29-19/h2-11,23H,12H2,1H3,(H,22,24). The Morgan fingerprint density at radius 1 is 1.10 bits per heavy atom. The van der Waals surface area contributed by atoms with Crippen molar-refractivity contribution in [1.82, 2.24) is 0 Å². The molecule has 1 amide bonds. The molecule has 3 aromatic rings. The summed E-state index contributed by atoms with van der Waals surface area (Å²) in [4.78, 5) is 24.2. The zero-order valence-electron chi connectivity index (χ0n) is 15.7. The molecule has 0 radical (unpaired) electrons. The van der Waals surface area contributed by atoms with E-state index in [1.165, 1.54) is 30.3 Å². The molecule has 0 saturated carbocycles. The largest absolute Gasteiger partial charge is 0.452 e. The molecular formula is C20H17IN2O5S2. The van der Waals surface area contributed by atoms with Crippen molar-refractivity contribution in [2.24, 2.45) is 0 Å². The molecule has 0 fully saturated rings. The Morgan fingerprint density at radius 3 is 2.47 bits per heavy atom. The minimum atomic E-state index is -3.66. The van der Waals surface area contributed by atoms with Gasteiger partial charge in [-0.3, -0.25) is 9.52 Å². The van der Waals surface area contributed by atoms with Gasteiger partial charge in [-0.15, -0.1) is 11.3 Å². The topological polar surface area (TPSA) is 102 Å². The summed E-state index contributed by atoms with van der Waals surface area (Å²) in [5.41, 5.74) is 2.07. The zero-order chi connectivity index (χ0) is 21.7. The number of amides is 1. The molecule has 0 unspecified atom stereocenters. The van der Waals surface area contributed by atoms with Gasteiger partial charge in [-0.05, 0) is 89.0 Å². The van der Waals surface area contributed by atoms with E-state index in [4.69, 9.17) is 4.74 Å². The number of anilines is 2. The van der Waals surface area contributed by atoms with E-state index in [0.29, 0.717) is 11.4 Å². The lowest BCUT2D eigenvalue weighted by Gasteiger charge is -2.10. The van der Waals surface area contributed by atoms with Gasteiger partial charge in [0.2, 0.25) is 0 Å². The van der Waals surface area contributed by atoms with Crippen molar-refractivity contribution >= 4 is 67.2 Å². The molecule has 30 heavy (non-hydrogen) atoms. The molecule has 10 heteroatoms. The van der Waals surface area contributed by atoms with Gasteiger partial charge in [0, 0.05) is 14.9 Å². The lowest BCUT2D eigenvalue weighted by atomic mass is 10.2. The first kappa shape index (κ1) is 22.2. The fourth-order valence-electron chi connectivity index (χ4n) is 2.46. The second-order valence-electron chi connectivity index (χ2n) is 6.20. The monoisotopic (exact) mass is 556 g/mol. The average Bonchev–Trinajstić information content (AvgIpc) is 3.24. The maximum atomic E-state index is 12.2. The van der Waals surface area contributed by atoms with Crippen LogP contribution in [0.1, 0.15) is 15.9 Å². The van der Waals surface area contributed by atoms with Crippen molar-refractivity contribution < 1.29 is 22.7 Å². The molecule has 1 aromatic heterocycles. The predicted molar refractivity (Wildman–Crippen MR) is 124 cm³/mol. The van der Waals surface area contributed by atoms with E-state index in [-0.39, 0.29) is 9.77 Å². The Balaban J connectivity index is 1.55. The highest BCUT2D eigenvalue weighted by molar-refractivity contribution is 14.1. The molecule has 0 saturated heterocycles. The molecule has 0 spiro atoms. The van der Waals surface area contributed by atoms with Gasteiger partial charge in [-0.1, -0.05) is 6.07 Å². The van der Waals surface area contributed by atoms with Gasteiger partial charge < -0.3 is 10.1 Å². The third-order valence-corrected chi connectivity index (χ3v) is 7.38. The fourth-order valence-corrected chi connectivity index (χ4v) is 5.16. The maximum Gasteiger partial charge on any atom is 0.338 e. The minimum absolute atomic E-state index is 0.195. The third-order valence-electron chi connectivity index (χ3n) is 3.93. The number of sulfonamides is 1. The first-order valence-electron chi connectivity index (χ1n) is 8.64. The number of carbonyl (C=O) groups excluding carboxylic acids is 2. The molecule has 0 aliphatic heterocycles. The Morgan fingerprint density at radius 2 is 1.83 bits per heavy atom. The summed E-state index contributed by atoms with van der Waals surface area (Å²) in [7, 11) is -3.66. The van der Waals surface area contributed by atoms with E-state index in [2.05, 4.69) is 32.6 Å². The van der Waals surface area contributed by atoms with Crippen LogP contribution in [0, 0.1) is 10.5 Å². The summed E-state index contributed by atoms with van der Waals surface area (Å²) in [6, 6.07) is 14.5. The minimum Gasteiger partial charge on any atom is -0.452 e. The quantitative estimate of drug-likeness (QED) is 0.335. The number of benzene rings is 2. The van der Waals surface area contributed by atoms with Crippen molar-refractivity contribution in [3.05, 3.63) is 74.7 Å². The van der Waals surface area contributed by atoms with Crippen LogP contribution in [0.15, 0.2) is 64.2 Å². The molecule has 2 aromatic carbocycles. The predicted octanol–water partition coefficient (Wildman–Crippen LogP) is 4.26. The van der Waals surface area contributed by atoms with Gasteiger partial charge in [0.1, 0.15) is 4.21 Å². The second kappa shape index (κ2) is 9.58. The van der Waals surface area contributed by atoms with Crippen LogP contribution in [0.5, 0.6) is 0 Å². The first-order valence-corrected chi connectivity index (χ1v) is 12.1. The summed E-state index contributed by atoms with van der Waals surface area (Å²) in [6.45, 7) is 1.44. The summed E-state index contributed by atoms with van der Waals surface area (Å²) >= 11 is 3.29. The van der Waals surface area contributed by atoms with E-state index < -0.39 is 28.5 Å². The number of nitrogens with one attached hydrogen (secondary N) is 2. The van der Waals surface area contributed by atoms with Crippen LogP contribution in [-0.4, -0.2) is 26.9 Å². The molecule has 3 rings (SSSR count). The molecule has 7 nitrogen and oxygen atoms in total. The zero-order valence-corrected chi connectivity index (χ0v) is 19.5. The summed E-state index contributed by atoms with van der Waals surface area (Å²) in [6.07, 6.45) is 0. The Bertz CT molecular complexity index is 1160. The van der Waals surface area contributed by atoms with Crippen molar-refractivity contribution in [2.75, 3.05) is 16.6 Å². The normalized spacial score (nSPS) is 11.0. The molecule has 156 valence electrons. The molecule has 0 bridgehead atoms. The van der Waals surface area contributed by atoms with Gasteiger partial charge in [0.25, 0.3) is 15.9 Å². The lowest BCUT2D eigenvalue weighted by molar-refractivity contribution is -0.119. The van der Waals surface area contributed by atoms with Crippen molar-refractivity contribution in [2.45, 2.75) is 11.1 Å². The van der Waals surface area contributed by atoms with Crippen molar-refractivity contribution in [1.29, 1.82) is 0 Å². The number of carbonyl (C=O) groups is 2. The Hall–Kier alpha value is -2.44. The number of ether oxygens (including phenoxy) is 1. The van der Waals surface area contributed by atoms with Gasteiger partial charge in [-0.2, -0.15) is 0 Å². The molecule has 2 N–H and O–H groups in total. The van der Waals surface area contributed by atoms with Gasteiger partial charge in [0.15, 0.2) is 6.61 Å². The highest BCUT2D eigenvalue weighted by Crippen LogP contribution is 2.21. The highest BCUT2D eigenvalue weighted by atomic mass is 127. The van der Waals surface area contributed by atoms with E-state index in [0.717, 1.165) is 20.5 Å². The third kappa shape index (κ3) is 5.80. The summed E-state index contributed by atoms with van der Waals surface area (Å²) in [5, 5.41) is 4.37. The maximum absolute atomic E-state index is 12.2. The van der Waals surface area contributed by atoms with Crippen LogP contribution in [-0.2, 0) is 19.6 Å². The van der Waals surface area contributed by atoms with Crippen LogP contribution in [0.3, 0.4) is 0 Å². The average molecular weight is 556 g/mol. The van der Waals surface area contributed by atoms with Crippen molar-refractivity contribution in [3.63, 3.8) is 0 Å². The Labute approximate surface area is 191 Å². The highest BCUT2D eigenvalue weighted by Gasteiger charge is 2.16. The van der Waals surface area contributed by atoms with Gasteiger partial charge >= 0.3 is 5.97 Å². The molecular weight excluding hydrogens is 539 g/mol. The van der Waals surface area contributed by atoms with Crippen LogP contribution in [0.2, 0.25) is 0 Å². The van der Waals surface area contributed by atoms with Gasteiger partial charge in [0.05, 0.1) is 5.56 Å². The van der Waals surface area contributed by atoms with Crippen LogP contribution in [0.4, 0.5) is 11.4 Å². The second-order valence-corrected chi connectivity index (χ2v) is 10.3. The molecule has 0 atom stereocenters. The van der Waals surface area contributed by atoms with Gasteiger partial charge in [-0.25, -0.2) is 13.2 Å². The summed E-state index contributed by atoms with van der Waals surface area (Å²) in [5.74, 6) is -1.13. The van der Waals surface area contributed by atoms with E-state index in [1.54, 1.807) is 17.5 Å². The SMILES string of the molecule is Cc1cc(I)ccc1NC(=O)COC(=O)c1ccc(NS(=O)(=O)c2cccs2)cc1. The number of esters is 1. The Kier molecular flexibility index (Phi) is 7.10. The number of thiophene rings is 1. The first-order chi connectivity index (χ1) is 14.2. The number of halogens is 1. The molecule has 0 aliphatic rings. The smallest absolute Gasteiger partial charge is 0.338 e. The number of aryl methyl sites for hydroxylation is 1. The van der Waals surface area contributed by atoms with E-state index in [9.17, 15) is 18.0 Å². The lowest BCUT2D eigenvalue weighted by Crippen LogP contribution is -2.21. The number of hydrogen-bond acceptors (Lipinski definition) is 6. The fraction of sp³-hybridized carbons (Fsp3) is 0.100. The van der Waals surface area contributed by atoms with Crippen LogP contribution < -0.4 is 10.0 Å². The summed E-state index contributed by atoms with van der Waals surface area (Å²) < 4.78 is 33.2. The van der Waals surface area contributed by atoms with Crippen LogP contribution >= 0.6 is 33.9 Å². The van der Waals surface area contributed by atoms with E-state index in [1.807, 2.05) is 19.1 Å². The van der Waals surface area contributed by atoms with E-state index >= 15 is 0 Å². The number of hydrogen-bond donors (Lipinski definition) is 2.